The van der Waals surface area contributed by atoms with Crippen LogP contribution < -0.4 is 5.73 Å². The van der Waals surface area contributed by atoms with Crippen LogP contribution in [0.25, 0.3) is 11.4 Å². The molecule has 0 radical (unpaired) electrons. The van der Waals surface area contributed by atoms with Crippen molar-refractivity contribution in [3.05, 3.63) is 12.0 Å². The van der Waals surface area contributed by atoms with Crippen LogP contribution >= 0.6 is 0 Å². The molecule has 84 valence electrons. The zero-order chi connectivity index (χ0) is 11.3. The number of nitrogens with two attached hydrogens (primary N) is 1. The van der Waals surface area contributed by atoms with Gasteiger partial charge < -0.3 is 5.73 Å². The molecule has 2 heterocycles. The van der Waals surface area contributed by atoms with Gasteiger partial charge in [0.15, 0.2) is 11.6 Å². The van der Waals surface area contributed by atoms with E-state index in [2.05, 4.69) is 15.2 Å². The lowest BCUT2D eigenvalue weighted by Gasteiger charge is -1.98. The first-order chi connectivity index (χ1) is 7.66. The van der Waals surface area contributed by atoms with E-state index in [1.54, 1.807) is 15.6 Å². The molecule has 0 atom stereocenters. The van der Waals surface area contributed by atoms with E-state index in [-0.39, 0.29) is 0 Å². The second kappa shape index (κ2) is 3.07. The van der Waals surface area contributed by atoms with Crippen LogP contribution in [0.3, 0.4) is 0 Å². The summed E-state index contributed by atoms with van der Waals surface area (Å²) in [6.07, 6.45) is 4.13. The summed E-state index contributed by atoms with van der Waals surface area (Å²) < 4.78 is 3.42. The van der Waals surface area contributed by atoms with Crippen LogP contribution in [0.5, 0.6) is 0 Å². The van der Waals surface area contributed by atoms with Crippen LogP contribution in [-0.4, -0.2) is 24.5 Å². The third-order valence-electron chi connectivity index (χ3n) is 2.95. The highest BCUT2D eigenvalue weighted by Crippen LogP contribution is 2.39. The molecule has 0 amide bonds. The van der Waals surface area contributed by atoms with Gasteiger partial charge in [0.05, 0.1) is 11.8 Å². The number of aryl methyl sites for hydroxylation is 2. The van der Waals surface area contributed by atoms with Gasteiger partial charge in [0.25, 0.3) is 0 Å². The topological polar surface area (TPSA) is 74.5 Å². The molecule has 0 aromatic carbocycles. The Morgan fingerprint density at radius 1 is 1.31 bits per heavy atom. The number of anilines is 1. The standard InChI is InChI=1S/C10H14N6/c1-15-8(11)7(5-12-15)10-13-9(6-3-4-6)14-16(10)2/h5-6H,3-4,11H2,1-2H3. The van der Waals surface area contributed by atoms with E-state index in [1.807, 2.05) is 14.1 Å². The SMILES string of the molecule is Cn1nc(C2CC2)nc1-c1cnn(C)c1N. The summed E-state index contributed by atoms with van der Waals surface area (Å²) in [7, 11) is 3.71. The Morgan fingerprint density at radius 2 is 2.06 bits per heavy atom. The molecule has 16 heavy (non-hydrogen) atoms. The molecule has 1 aliphatic rings. The summed E-state index contributed by atoms with van der Waals surface area (Å²) >= 11 is 0. The van der Waals surface area contributed by atoms with E-state index in [1.165, 1.54) is 12.8 Å². The fourth-order valence-corrected chi connectivity index (χ4v) is 1.77. The molecule has 3 rings (SSSR count). The monoisotopic (exact) mass is 218 g/mol. The minimum absolute atomic E-state index is 0.554. The molecule has 1 aliphatic carbocycles. The summed E-state index contributed by atoms with van der Waals surface area (Å²) in [4.78, 5) is 4.53. The van der Waals surface area contributed by atoms with Crippen molar-refractivity contribution in [1.29, 1.82) is 0 Å². The first-order valence-corrected chi connectivity index (χ1v) is 5.35. The highest BCUT2D eigenvalue weighted by Gasteiger charge is 2.29. The quantitative estimate of drug-likeness (QED) is 0.804. The molecule has 6 nitrogen and oxygen atoms in total. The smallest absolute Gasteiger partial charge is 0.163 e. The fraction of sp³-hybridized carbons (Fsp3) is 0.500. The zero-order valence-corrected chi connectivity index (χ0v) is 9.38. The van der Waals surface area contributed by atoms with Crippen LogP contribution in [0.2, 0.25) is 0 Å². The molecule has 2 aromatic rings. The average Bonchev–Trinajstić information content (AvgIpc) is 2.97. The zero-order valence-electron chi connectivity index (χ0n) is 9.38. The minimum atomic E-state index is 0.554. The molecule has 0 spiro atoms. The molecular formula is C10H14N6. The molecular weight excluding hydrogens is 204 g/mol. The van der Waals surface area contributed by atoms with Crippen LogP contribution in [0, 0.1) is 0 Å². The van der Waals surface area contributed by atoms with Gasteiger partial charge in [-0.15, -0.1) is 0 Å². The maximum Gasteiger partial charge on any atom is 0.163 e. The van der Waals surface area contributed by atoms with Gasteiger partial charge in [-0.2, -0.15) is 10.2 Å². The second-order valence-electron chi connectivity index (χ2n) is 4.26. The molecule has 1 saturated carbocycles. The van der Waals surface area contributed by atoms with Gasteiger partial charge in [-0.3, -0.25) is 4.68 Å². The minimum Gasteiger partial charge on any atom is -0.383 e. The first kappa shape index (κ1) is 9.38. The van der Waals surface area contributed by atoms with Crippen molar-refractivity contribution in [1.82, 2.24) is 24.5 Å². The Kier molecular flexibility index (Phi) is 1.80. The van der Waals surface area contributed by atoms with Crippen molar-refractivity contribution in [2.75, 3.05) is 5.73 Å². The lowest BCUT2D eigenvalue weighted by atomic mass is 10.3. The Labute approximate surface area is 93.1 Å². The number of nitrogens with zero attached hydrogens (tertiary/aromatic N) is 5. The summed E-state index contributed by atoms with van der Waals surface area (Å²) in [6, 6.07) is 0. The van der Waals surface area contributed by atoms with Gasteiger partial charge in [-0.05, 0) is 12.8 Å². The van der Waals surface area contributed by atoms with E-state index in [0.29, 0.717) is 11.7 Å². The van der Waals surface area contributed by atoms with Crippen molar-refractivity contribution >= 4 is 5.82 Å². The molecule has 2 N–H and O–H groups in total. The van der Waals surface area contributed by atoms with Crippen molar-refractivity contribution < 1.29 is 0 Å². The fourth-order valence-electron chi connectivity index (χ4n) is 1.77. The molecule has 0 aliphatic heterocycles. The Bertz CT molecular complexity index is 533. The Balaban J connectivity index is 2.08. The summed E-state index contributed by atoms with van der Waals surface area (Å²) in [5.41, 5.74) is 6.78. The number of rotatable bonds is 2. The number of nitrogen functional groups attached to an aromatic ring is 1. The van der Waals surface area contributed by atoms with Gasteiger partial charge in [0, 0.05) is 20.0 Å². The van der Waals surface area contributed by atoms with Crippen LogP contribution in [-0.2, 0) is 14.1 Å². The van der Waals surface area contributed by atoms with E-state index < -0.39 is 0 Å². The van der Waals surface area contributed by atoms with Crippen molar-refractivity contribution in [3.63, 3.8) is 0 Å². The summed E-state index contributed by atoms with van der Waals surface area (Å²) in [5, 5.41) is 8.53. The third-order valence-corrected chi connectivity index (χ3v) is 2.95. The number of hydrogen-bond donors (Lipinski definition) is 1. The highest BCUT2D eigenvalue weighted by atomic mass is 15.3. The number of hydrogen-bond acceptors (Lipinski definition) is 4. The molecule has 2 aromatic heterocycles. The Hall–Kier alpha value is -1.85. The second-order valence-corrected chi connectivity index (χ2v) is 4.26. The van der Waals surface area contributed by atoms with Crippen molar-refractivity contribution in [2.45, 2.75) is 18.8 Å². The third kappa shape index (κ3) is 1.30. The summed E-state index contributed by atoms with van der Waals surface area (Å²) in [6.45, 7) is 0. The molecule has 0 bridgehead atoms. The van der Waals surface area contributed by atoms with Gasteiger partial charge in [-0.1, -0.05) is 0 Å². The first-order valence-electron chi connectivity index (χ1n) is 5.35. The highest BCUT2D eigenvalue weighted by molar-refractivity contribution is 5.67. The normalized spacial score (nSPS) is 15.6. The maximum absolute atomic E-state index is 5.92. The maximum atomic E-state index is 5.92. The van der Waals surface area contributed by atoms with Crippen molar-refractivity contribution in [2.24, 2.45) is 14.1 Å². The Morgan fingerprint density at radius 3 is 2.62 bits per heavy atom. The van der Waals surface area contributed by atoms with E-state index in [0.717, 1.165) is 17.2 Å². The summed E-state index contributed by atoms with van der Waals surface area (Å²) in [5.74, 6) is 2.91. The predicted molar refractivity (Wildman–Crippen MR) is 59.6 cm³/mol. The molecule has 1 fully saturated rings. The number of aromatic nitrogens is 5. The van der Waals surface area contributed by atoms with E-state index in [4.69, 9.17) is 5.73 Å². The molecule has 0 unspecified atom stereocenters. The van der Waals surface area contributed by atoms with E-state index in [9.17, 15) is 0 Å². The average molecular weight is 218 g/mol. The van der Waals surface area contributed by atoms with Crippen LogP contribution in [0.15, 0.2) is 6.20 Å². The van der Waals surface area contributed by atoms with Gasteiger partial charge in [-0.25, -0.2) is 9.67 Å². The van der Waals surface area contributed by atoms with Gasteiger partial charge in [0.2, 0.25) is 0 Å². The lowest BCUT2D eigenvalue weighted by Crippen LogP contribution is -2.00. The van der Waals surface area contributed by atoms with Crippen LogP contribution in [0.1, 0.15) is 24.6 Å². The lowest BCUT2D eigenvalue weighted by molar-refractivity contribution is 0.750. The van der Waals surface area contributed by atoms with E-state index >= 15 is 0 Å². The van der Waals surface area contributed by atoms with Crippen LogP contribution in [0.4, 0.5) is 5.82 Å². The van der Waals surface area contributed by atoms with Gasteiger partial charge >= 0.3 is 0 Å². The van der Waals surface area contributed by atoms with Crippen molar-refractivity contribution in [3.8, 4) is 11.4 Å². The molecule has 6 heteroatoms. The molecule has 0 saturated heterocycles. The van der Waals surface area contributed by atoms with Gasteiger partial charge in [0.1, 0.15) is 5.82 Å². The largest absolute Gasteiger partial charge is 0.383 e. The predicted octanol–water partition coefficient (Wildman–Crippen LogP) is 0.675.